The molecule has 10 heteroatoms. The van der Waals surface area contributed by atoms with E-state index in [2.05, 4.69) is 54.8 Å². The van der Waals surface area contributed by atoms with Crippen molar-refractivity contribution in [2.24, 2.45) is 0 Å². The topological polar surface area (TPSA) is 122 Å². The molecule has 278 valence electrons. The molecular formula is C39H68NaO8P. The average molecular weight is 719 g/mol. The number of unbranched alkanes of at least 4 members (excludes halogenated alkanes) is 16. The zero-order valence-corrected chi connectivity index (χ0v) is 34.2. The Morgan fingerprint density at radius 1 is 0.592 bits per heavy atom. The first-order valence-corrected chi connectivity index (χ1v) is 20.4. The van der Waals surface area contributed by atoms with Crippen LogP contribution in [0.4, 0.5) is 0 Å². The quantitative estimate of drug-likeness (QED) is 0.0238. The van der Waals surface area contributed by atoms with Gasteiger partial charge in [0, 0.05) is 12.8 Å². The van der Waals surface area contributed by atoms with Crippen LogP contribution in [0.15, 0.2) is 48.6 Å². The van der Waals surface area contributed by atoms with E-state index in [9.17, 15) is 19.0 Å². The summed E-state index contributed by atoms with van der Waals surface area (Å²) in [5, 5.41) is 0. The number of phosphoric ester groups is 1. The molecule has 0 saturated carbocycles. The summed E-state index contributed by atoms with van der Waals surface area (Å²) < 4.78 is 26.0. The van der Waals surface area contributed by atoms with Crippen molar-refractivity contribution in [2.75, 3.05) is 13.2 Å². The van der Waals surface area contributed by atoms with E-state index in [0.29, 0.717) is 19.3 Å². The van der Waals surface area contributed by atoms with Crippen LogP contribution in [0.5, 0.6) is 0 Å². The summed E-state index contributed by atoms with van der Waals surface area (Å²) in [7, 11) is -5.01. The molecule has 0 aliphatic heterocycles. The van der Waals surface area contributed by atoms with Gasteiger partial charge in [-0.15, -0.1) is 0 Å². The van der Waals surface area contributed by atoms with Crippen molar-refractivity contribution in [3.63, 3.8) is 0 Å². The monoisotopic (exact) mass is 718 g/mol. The predicted molar refractivity (Wildman–Crippen MR) is 195 cm³/mol. The molecule has 49 heavy (non-hydrogen) atoms. The summed E-state index contributed by atoms with van der Waals surface area (Å²) in [5.74, 6) is -0.986. The van der Waals surface area contributed by atoms with Crippen LogP contribution in [0, 0.1) is 0 Å². The average Bonchev–Trinajstić information content (AvgIpc) is 3.05. The smallest absolute Gasteiger partial charge is 0.756 e. The minimum Gasteiger partial charge on any atom is -0.756 e. The molecule has 0 aliphatic carbocycles. The fourth-order valence-corrected chi connectivity index (χ4v) is 5.36. The Bertz CT molecular complexity index is 928. The van der Waals surface area contributed by atoms with Gasteiger partial charge in [-0.3, -0.25) is 14.2 Å². The van der Waals surface area contributed by atoms with Crippen molar-refractivity contribution in [3.05, 3.63) is 48.6 Å². The van der Waals surface area contributed by atoms with Gasteiger partial charge in [-0.05, 0) is 51.4 Å². The minimum absolute atomic E-state index is 0. The number of carbonyl (C=O) groups is 2. The Labute approximate surface area is 321 Å². The van der Waals surface area contributed by atoms with Gasteiger partial charge in [-0.1, -0.05) is 152 Å². The minimum atomic E-state index is -5.01. The van der Waals surface area contributed by atoms with E-state index >= 15 is 0 Å². The zero-order chi connectivity index (χ0) is 35.4. The van der Waals surface area contributed by atoms with Gasteiger partial charge in [0.15, 0.2) is 6.10 Å². The summed E-state index contributed by atoms with van der Waals surface area (Å²) in [6.07, 6.45) is 41.0. The number of allylic oxidation sites excluding steroid dienone is 8. The number of ether oxygens (including phenoxy) is 2. The summed E-state index contributed by atoms with van der Waals surface area (Å²) in [6.45, 7) is 3.50. The molecule has 0 bridgehead atoms. The molecule has 0 aromatic heterocycles. The fourth-order valence-electron chi connectivity index (χ4n) is 5.01. The van der Waals surface area contributed by atoms with Gasteiger partial charge in [-0.25, -0.2) is 0 Å². The van der Waals surface area contributed by atoms with Crippen LogP contribution in [0.1, 0.15) is 168 Å². The Morgan fingerprint density at radius 2 is 1.00 bits per heavy atom. The van der Waals surface area contributed by atoms with E-state index in [1.54, 1.807) is 0 Å². The molecule has 0 radical (unpaired) electrons. The van der Waals surface area contributed by atoms with Crippen LogP contribution in [-0.2, 0) is 28.2 Å². The first kappa shape index (κ1) is 50.1. The summed E-state index contributed by atoms with van der Waals surface area (Å²) in [4.78, 5) is 44.5. The molecule has 0 heterocycles. The van der Waals surface area contributed by atoms with Crippen LogP contribution in [0.3, 0.4) is 0 Å². The van der Waals surface area contributed by atoms with E-state index in [1.807, 2.05) is 12.2 Å². The molecule has 0 fully saturated rings. The maximum Gasteiger partial charge on any atom is 1.00 e. The largest absolute Gasteiger partial charge is 1.00 e. The first-order valence-electron chi connectivity index (χ1n) is 18.9. The predicted octanol–water partition coefficient (Wildman–Crippen LogP) is 7.55. The van der Waals surface area contributed by atoms with Crippen molar-refractivity contribution < 1.29 is 67.5 Å². The number of rotatable bonds is 34. The molecular weight excluding hydrogens is 650 g/mol. The van der Waals surface area contributed by atoms with Gasteiger partial charge in [-0.2, -0.15) is 0 Å². The molecule has 0 aliphatic rings. The molecule has 1 N–H and O–H groups in total. The van der Waals surface area contributed by atoms with E-state index in [4.69, 9.17) is 14.4 Å². The van der Waals surface area contributed by atoms with E-state index < -0.39 is 32.5 Å². The zero-order valence-electron chi connectivity index (χ0n) is 31.3. The molecule has 0 amide bonds. The third-order valence-corrected chi connectivity index (χ3v) is 8.32. The van der Waals surface area contributed by atoms with E-state index in [0.717, 1.165) is 32.1 Å². The number of esters is 2. The Balaban J connectivity index is 0. The van der Waals surface area contributed by atoms with Gasteiger partial charge in [0.25, 0.3) is 7.82 Å². The summed E-state index contributed by atoms with van der Waals surface area (Å²) in [5.41, 5.74) is 0. The Kier molecular flexibility index (Phi) is 39.1. The number of phosphoric acid groups is 1. The Morgan fingerprint density at radius 3 is 1.49 bits per heavy atom. The molecule has 0 aromatic rings. The van der Waals surface area contributed by atoms with Crippen molar-refractivity contribution in [3.8, 4) is 0 Å². The first-order chi connectivity index (χ1) is 23.3. The van der Waals surface area contributed by atoms with Gasteiger partial charge in [0.05, 0.1) is 6.61 Å². The maximum absolute atomic E-state index is 12.3. The molecule has 0 aromatic carbocycles. The second kappa shape index (κ2) is 38.2. The fraction of sp³-hybridized carbons (Fsp3) is 0.744. The normalized spacial score (nSPS) is 13.7. The number of carbonyl (C=O) groups excluding carboxylic acids is 2. The second-order valence-corrected chi connectivity index (χ2v) is 13.7. The SMILES string of the molecule is CCCCC/C=C/C/C=C/C/C=C/C/C=C/CCCC(=O)O[C@H](COC(=O)CCCCCCCCCCCCCCC)COP(=O)([O-])O.[Na+]. The molecule has 8 nitrogen and oxygen atoms in total. The van der Waals surface area contributed by atoms with Crippen molar-refractivity contribution in [2.45, 2.75) is 174 Å². The Hall–Kier alpha value is -0.990. The third-order valence-electron chi connectivity index (χ3n) is 7.85. The van der Waals surface area contributed by atoms with Gasteiger partial charge in [0.2, 0.25) is 0 Å². The summed E-state index contributed by atoms with van der Waals surface area (Å²) in [6, 6.07) is 0. The number of hydrogen-bond donors (Lipinski definition) is 1. The van der Waals surface area contributed by atoms with Crippen LogP contribution in [-0.4, -0.2) is 36.1 Å². The molecule has 0 rings (SSSR count). The molecule has 0 saturated heterocycles. The summed E-state index contributed by atoms with van der Waals surface area (Å²) >= 11 is 0. The van der Waals surface area contributed by atoms with Crippen molar-refractivity contribution in [1.29, 1.82) is 0 Å². The van der Waals surface area contributed by atoms with Crippen molar-refractivity contribution in [1.82, 2.24) is 0 Å². The van der Waals surface area contributed by atoms with Crippen LogP contribution < -0.4 is 34.5 Å². The molecule has 0 spiro atoms. The maximum atomic E-state index is 12.3. The van der Waals surface area contributed by atoms with Gasteiger partial charge >= 0.3 is 41.5 Å². The van der Waals surface area contributed by atoms with Crippen LogP contribution >= 0.6 is 7.82 Å². The van der Waals surface area contributed by atoms with Crippen LogP contribution in [0.25, 0.3) is 0 Å². The third kappa shape index (κ3) is 41.3. The second-order valence-electron chi connectivity index (χ2n) is 12.5. The van der Waals surface area contributed by atoms with E-state index in [-0.39, 0.29) is 49.0 Å². The number of hydrogen-bond acceptors (Lipinski definition) is 7. The van der Waals surface area contributed by atoms with Crippen molar-refractivity contribution >= 4 is 19.8 Å². The molecule has 2 atom stereocenters. The van der Waals surface area contributed by atoms with Crippen LogP contribution in [0.2, 0.25) is 0 Å². The standard InChI is InChI=1S/C39H69O8P.Na/c1-3-5-7-9-11-13-15-17-18-19-20-22-24-26-28-30-32-34-39(41)47-37(36-46-48(42,43)44)35-45-38(40)33-31-29-27-25-23-21-16-14-12-10-8-6-4-2;/h11,13,17-18,20,22,26,28,37H,3-10,12,14-16,19,21,23-25,27,29-36H2,1-2H3,(H2,42,43,44);/q;+1/p-1/b13-11+,18-17+,22-20+,28-26+;/t37-;/m1./s1. The van der Waals surface area contributed by atoms with Gasteiger partial charge < -0.3 is 23.8 Å². The molecule has 1 unspecified atom stereocenters. The van der Waals surface area contributed by atoms with E-state index in [1.165, 1.54) is 89.9 Å². The van der Waals surface area contributed by atoms with Gasteiger partial charge in [0.1, 0.15) is 6.61 Å².